The Morgan fingerprint density at radius 2 is 2.00 bits per heavy atom. The quantitative estimate of drug-likeness (QED) is 0.695. The smallest absolute Gasteiger partial charge is 0.123 e. The maximum Gasteiger partial charge on any atom is 0.123 e. The molecule has 0 fully saturated rings. The fourth-order valence-corrected chi connectivity index (χ4v) is 1.54. The van der Waals surface area contributed by atoms with Crippen molar-refractivity contribution < 1.29 is 4.39 Å². The molecule has 0 radical (unpaired) electrons. The molecule has 0 bridgehead atoms. The molecule has 2 nitrogen and oxygen atoms in total. The predicted molar refractivity (Wildman–Crippen MR) is 71.4 cm³/mol. The largest absolute Gasteiger partial charge is 0.290 e. The number of benzene rings is 1. The molecule has 0 saturated heterocycles. The van der Waals surface area contributed by atoms with Crippen LogP contribution >= 0.6 is 0 Å². The lowest BCUT2D eigenvalue weighted by atomic mass is 10.0. The third-order valence-electron chi connectivity index (χ3n) is 2.41. The van der Waals surface area contributed by atoms with E-state index in [1.807, 2.05) is 13.8 Å². The van der Waals surface area contributed by atoms with Gasteiger partial charge in [0.05, 0.1) is 0 Å². The minimum Gasteiger partial charge on any atom is -0.290 e. The molecule has 0 amide bonds. The Hall–Kier alpha value is -1.77. The summed E-state index contributed by atoms with van der Waals surface area (Å²) < 4.78 is 12.8. The van der Waals surface area contributed by atoms with Crippen molar-refractivity contribution in [2.24, 2.45) is 9.98 Å². The lowest BCUT2D eigenvalue weighted by molar-refractivity contribution is 0.627. The molecule has 0 saturated carbocycles. The van der Waals surface area contributed by atoms with E-state index in [2.05, 4.69) is 16.7 Å². The van der Waals surface area contributed by atoms with E-state index >= 15 is 0 Å². The van der Waals surface area contributed by atoms with Crippen LogP contribution in [0.25, 0.3) is 0 Å². The third-order valence-corrected chi connectivity index (χ3v) is 2.41. The van der Waals surface area contributed by atoms with Crippen molar-refractivity contribution in [1.29, 1.82) is 0 Å². The molecule has 0 N–H and O–H groups in total. The molecule has 0 spiro atoms. The van der Waals surface area contributed by atoms with E-state index in [1.165, 1.54) is 12.1 Å². The number of halogens is 1. The topological polar surface area (TPSA) is 24.7 Å². The number of aliphatic imine (C=N–C) groups is 2. The molecule has 1 rings (SSSR count). The zero-order valence-corrected chi connectivity index (χ0v) is 10.3. The molecule has 90 valence electrons. The van der Waals surface area contributed by atoms with Gasteiger partial charge in [0.2, 0.25) is 0 Å². The summed E-state index contributed by atoms with van der Waals surface area (Å²) in [7, 11) is 0. The first-order valence-corrected chi connectivity index (χ1v) is 5.58. The molecule has 1 aromatic rings. The van der Waals surface area contributed by atoms with Crippen LogP contribution < -0.4 is 0 Å². The maximum absolute atomic E-state index is 12.8. The van der Waals surface area contributed by atoms with Gasteiger partial charge in [-0.1, -0.05) is 12.1 Å². The van der Waals surface area contributed by atoms with Gasteiger partial charge in [-0.25, -0.2) is 4.39 Å². The molecule has 0 aliphatic heterocycles. The summed E-state index contributed by atoms with van der Waals surface area (Å²) in [5.74, 6) is -0.222. The molecular weight excluding hydrogens is 215 g/mol. The summed E-state index contributed by atoms with van der Waals surface area (Å²) in [6.07, 6.45) is 2.40. The highest BCUT2D eigenvalue weighted by Gasteiger charge is 2.03. The second-order valence-electron chi connectivity index (χ2n) is 3.70. The Morgan fingerprint density at radius 1 is 1.35 bits per heavy atom. The standard InChI is InChI=1S/C14H17FN2/c1-4-17-11(2)13(10-16-3)9-12-5-7-14(15)8-6-12/h5-8,10H,3-4,9H2,1-2H3/b13-10-,17-11?. The molecule has 0 heterocycles. The van der Waals surface area contributed by atoms with Crippen LogP contribution in [0, 0.1) is 5.82 Å². The molecule has 0 aliphatic carbocycles. The van der Waals surface area contributed by atoms with E-state index in [4.69, 9.17) is 0 Å². The first-order chi connectivity index (χ1) is 8.17. The number of allylic oxidation sites excluding steroid dienone is 1. The van der Waals surface area contributed by atoms with Crippen LogP contribution in [0.2, 0.25) is 0 Å². The van der Waals surface area contributed by atoms with Crippen molar-refractivity contribution in [2.45, 2.75) is 20.3 Å². The van der Waals surface area contributed by atoms with Gasteiger partial charge >= 0.3 is 0 Å². The second-order valence-corrected chi connectivity index (χ2v) is 3.70. The first-order valence-electron chi connectivity index (χ1n) is 5.58. The molecule has 1 aromatic carbocycles. The summed E-state index contributed by atoms with van der Waals surface area (Å²) in [5.41, 5.74) is 2.99. The van der Waals surface area contributed by atoms with E-state index in [1.54, 1.807) is 18.3 Å². The normalized spacial score (nSPS) is 12.6. The van der Waals surface area contributed by atoms with Crippen LogP contribution in [0.4, 0.5) is 4.39 Å². The van der Waals surface area contributed by atoms with Crippen LogP contribution in [0.1, 0.15) is 19.4 Å². The highest BCUT2D eigenvalue weighted by atomic mass is 19.1. The fourth-order valence-electron chi connectivity index (χ4n) is 1.54. The van der Waals surface area contributed by atoms with E-state index in [0.29, 0.717) is 6.42 Å². The SMILES string of the molecule is C=N/C=C(/Cc1ccc(F)cc1)C(C)=NCC. The summed E-state index contributed by atoms with van der Waals surface area (Å²) in [4.78, 5) is 8.13. The maximum atomic E-state index is 12.8. The van der Waals surface area contributed by atoms with Gasteiger partial charge in [0, 0.05) is 24.9 Å². The van der Waals surface area contributed by atoms with Crippen molar-refractivity contribution in [3.8, 4) is 0 Å². The Labute approximate surface area is 102 Å². The zero-order chi connectivity index (χ0) is 12.7. The minimum atomic E-state index is -0.222. The van der Waals surface area contributed by atoms with E-state index in [0.717, 1.165) is 23.4 Å². The van der Waals surface area contributed by atoms with Crippen molar-refractivity contribution >= 4 is 12.4 Å². The fraction of sp³-hybridized carbons (Fsp3) is 0.286. The monoisotopic (exact) mass is 232 g/mol. The summed E-state index contributed by atoms with van der Waals surface area (Å²) in [6, 6.07) is 6.46. The van der Waals surface area contributed by atoms with Gasteiger partial charge in [-0.3, -0.25) is 9.98 Å². The summed E-state index contributed by atoms with van der Waals surface area (Å²) in [5, 5.41) is 0. The van der Waals surface area contributed by atoms with Gasteiger partial charge < -0.3 is 0 Å². The molecule has 3 heteroatoms. The van der Waals surface area contributed by atoms with Crippen LogP contribution in [0.3, 0.4) is 0 Å². The minimum absolute atomic E-state index is 0.222. The van der Waals surface area contributed by atoms with Gasteiger partial charge in [-0.2, -0.15) is 0 Å². The Kier molecular flexibility index (Phi) is 5.27. The second kappa shape index (κ2) is 6.74. The van der Waals surface area contributed by atoms with Gasteiger partial charge in [-0.05, 0) is 43.8 Å². The summed E-state index contributed by atoms with van der Waals surface area (Å²) >= 11 is 0. The van der Waals surface area contributed by atoms with E-state index in [9.17, 15) is 4.39 Å². The molecule has 0 aromatic heterocycles. The summed E-state index contributed by atoms with van der Waals surface area (Å²) in [6.45, 7) is 8.13. The highest BCUT2D eigenvalue weighted by molar-refractivity contribution is 5.98. The van der Waals surface area contributed by atoms with Crippen LogP contribution in [-0.4, -0.2) is 19.0 Å². The number of nitrogens with zero attached hydrogens (tertiary/aromatic N) is 2. The Morgan fingerprint density at radius 3 is 2.53 bits per heavy atom. The van der Waals surface area contributed by atoms with Gasteiger partial charge in [0.25, 0.3) is 0 Å². The third kappa shape index (κ3) is 4.31. The first kappa shape index (κ1) is 13.3. The number of hydrogen-bond donors (Lipinski definition) is 0. The Bertz CT molecular complexity index is 430. The van der Waals surface area contributed by atoms with Crippen molar-refractivity contribution in [3.05, 3.63) is 47.4 Å². The highest BCUT2D eigenvalue weighted by Crippen LogP contribution is 2.11. The van der Waals surface area contributed by atoms with Crippen LogP contribution in [0.15, 0.2) is 46.0 Å². The van der Waals surface area contributed by atoms with Gasteiger partial charge in [0.1, 0.15) is 5.82 Å². The molecule has 0 unspecified atom stereocenters. The lowest BCUT2D eigenvalue weighted by Gasteiger charge is -2.06. The van der Waals surface area contributed by atoms with Crippen molar-refractivity contribution in [2.75, 3.05) is 6.54 Å². The van der Waals surface area contributed by atoms with Crippen molar-refractivity contribution in [1.82, 2.24) is 0 Å². The molecule has 0 atom stereocenters. The Balaban J connectivity index is 2.88. The molecule has 0 aliphatic rings. The lowest BCUT2D eigenvalue weighted by Crippen LogP contribution is -2.02. The van der Waals surface area contributed by atoms with Crippen molar-refractivity contribution in [3.63, 3.8) is 0 Å². The predicted octanol–water partition coefficient (Wildman–Crippen LogP) is 3.43. The van der Waals surface area contributed by atoms with Gasteiger partial charge in [-0.15, -0.1) is 0 Å². The van der Waals surface area contributed by atoms with E-state index < -0.39 is 0 Å². The van der Waals surface area contributed by atoms with E-state index in [-0.39, 0.29) is 5.82 Å². The average Bonchev–Trinajstić information content (AvgIpc) is 2.31. The zero-order valence-electron chi connectivity index (χ0n) is 10.3. The molecular formula is C14H17FN2. The van der Waals surface area contributed by atoms with Gasteiger partial charge in [0.15, 0.2) is 0 Å². The molecule has 17 heavy (non-hydrogen) atoms. The van der Waals surface area contributed by atoms with Crippen LogP contribution in [0.5, 0.6) is 0 Å². The van der Waals surface area contributed by atoms with Crippen LogP contribution in [-0.2, 0) is 6.42 Å². The number of hydrogen-bond acceptors (Lipinski definition) is 2. The number of rotatable bonds is 5. The average molecular weight is 232 g/mol.